The molecule has 90 valence electrons. The molecular formula is C13H15ClN2S. The zero-order valence-corrected chi connectivity index (χ0v) is 11.6. The largest absolute Gasteiger partial charge is 0.224 e. The fraction of sp³-hybridized carbons (Fsp3) is 0.385. The van der Waals surface area contributed by atoms with Crippen molar-refractivity contribution in [2.75, 3.05) is 5.75 Å². The standard InChI is InChI=1S/C13H15ClN2S/c1-9(2)7-8-17-12-10-5-3-4-6-11(10)15-13(14)16-12/h3-6,9H,7-8H2,1-2H3. The van der Waals surface area contributed by atoms with E-state index in [0.29, 0.717) is 11.2 Å². The Morgan fingerprint density at radius 2 is 2.00 bits per heavy atom. The van der Waals surface area contributed by atoms with Crippen molar-refractivity contribution in [2.45, 2.75) is 25.3 Å². The zero-order valence-electron chi connectivity index (χ0n) is 9.98. The monoisotopic (exact) mass is 266 g/mol. The van der Waals surface area contributed by atoms with Gasteiger partial charge in [0.25, 0.3) is 0 Å². The number of thioether (sulfide) groups is 1. The molecule has 0 unspecified atom stereocenters. The summed E-state index contributed by atoms with van der Waals surface area (Å²) in [5, 5.41) is 2.41. The molecule has 0 atom stereocenters. The molecule has 0 aliphatic heterocycles. The molecule has 0 fully saturated rings. The van der Waals surface area contributed by atoms with Crippen LogP contribution in [0.5, 0.6) is 0 Å². The number of rotatable bonds is 4. The van der Waals surface area contributed by atoms with Crippen LogP contribution in [-0.4, -0.2) is 15.7 Å². The van der Waals surface area contributed by atoms with Gasteiger partial charge in [0.2, 0.25) is 5.28 Å². The highest BCUT2D eigenvalue weighted by molar-refractivity contribution is 7.99. The van der Waals surface area contributed by atoms with Crippen molar-refractivity contribution >= 4 is 34.3 Å². The minimum Gasteiger partial charge on any atom is -0.218 e. The van der Waals surface area contributed by atoms with Crippen molar-refractivity contribution in [3.05, 3.63) is 29.5 Å². The lowest BCUT2D eigenvalue weighted by Crippen LogP contribution is -1.93. The first kappa shape index (κ1) is 12.7. The predicted octanol–water partition coefficient (Wildman–Crippen LogP) is 4.42. The van der Waals surface area contributed by atoms with Crippen LogP contribution in [0.15, 0.2) is 29.3 Å². The first-order valence-electron chi connectivity index (χ1n) is 5.72. The summed E-state index contributed by atoms with van der Waals surface area (Å²) in [5.41, 5.74) is 0.916. The van der Waals surface area contributed by atoms with Gasteiger partial charge in [-0.25, -0.2) is 9.97 Å². The number of hydrogen-bond donors (Lipinski definition) is 0. The maximum atomic E-state index is 5.93. The molecule has 0 saturated heterocycles. The Morgan fingerprint density at radius 3 is 2.76 bits per heavy atom. The normalized spacial score (nSPS) is 11.3. The van der Waals surface area contributed by atoms with Crippen LogP contribution < -0.4 is 0 Å². The summed E-state index contributed by atoms with van der Waals surface area (Å²) in [7, 11) is 0. The molecule has 0 aliphatic carbocycles. The van der Waals surface area contributed by atoms with Gasteiger partial charge in [-0.1, -0.05) is 32.0 Å². The molecule has 2 aromatic rings. The molecule has 1 aromatic carbocycles. The maximum Gasteiger partial charge on any atom is 0.224 e. The van der Waals surface area contributed by atoms with Gasteiger partial charge in [-0.3, -0.25) is 0 Å². The Kier molecular flexibility index (Phi) is 4.24. The number of nitrogens with zero attached hydrogens (tertiary/aromatic N) is 2. The van der Waals surface area contributed by atoms with E-state index in [0.717, 1.165) is 21.7 Å². The molecule has 0 aliphatic rings. The van der Waals surface area contributed by atoms with Crippen LogP contribution in [0, 0.1) is 5.92 Å². The second-order valence-corrected chi connectivity index (χ2v) is 5.77. The molecule has 0 spiro atoms. The van der Waals surface area contributed by atoms with Crippen molar-refractivity contribution in [3.8, 4) is 0 Å². The molecule has 0 amide bonds. The van der Waals surface area contributed by atoms with Gasteiger partial charge >= 0.3 is 0 Å². The number of halogens is 1. The molecule has 2 rings (SSSR count). The molecule has 4 heteroatoms. The Hall–Kier alpha value is -0.800. The predicted molar refractivity (Wildman–Crippen MR) is 74.7 cm³/mol. The van der Waals surface area contributed by atoms with Gasteiger partial charge in [0.05, 0.1) is 5.52 Å². The second kappa shape index (κ2) is 5.69. The van der Waals surface area contributed by atoms with Gasteiger partial charge in [0, 0.05) is 5.39 Å². The van der Waals surface area contributed by atoms with E-state index in [2.05, 4.69) is 23.8 Å². The van der Waals surface area contributed by atoms with Crippen LogP contribution in [0.1, 0.15) is 20.3 Å². The summed E-state index contributed by atoms with van der Waals surface area (Å²) in [6.45, 7) is 4.46. The number of aromatic nitrogens is 2. The maximum absolute atomic E-state index is 5.93. The van der Waals surface area contributed by atoms with Crippen LogP contribution in [0.2, 0.25) is 5.28 Å². The van der Waals surface area contributed by atoms with Gasteiger partial charge in [-0.15, -0.1) is 11.8 Å². The third-order valence-corrected chi connectivity index (χ3v) is 3.67. The van der Waals surface area contributed by atoms with Crippen LogP contribution in [0.3, 0.4) is 0 Å². The molecule has 1 aromatic heterocycles. The van der Waals surface area contributed by atoms with Crippen LogP contribution in [0.25, 0.3) is 10.9 Å². The van der Waals surface area contributed by atoms with Crippen molar-refractivity contribution < 1.29 is 0 Å². The second-order valence-electron chi connectivity index (χ2n) is 4.35. The molecule has 0 saturated carbocycles. The summed E-state index contributed by atoms with van der Waals surface area (Å²) >= 11 is 7.69. The first-order valence-corrected chi connectivity index (χ1v) is 7.08. The van der Waals surface area contributed by atoms with Crippen molar-refractivity contribution in [3.63, 3.8) is 0 Å². The van der Waals surface area contributed by atoms with Crippen molar-refractivity contribution in [1.82, 2.24) is 9.97 Å². The van der Waals surface area contributed by atoms with E-state index < -0.39 is 0 Å². The smallest absolute Gasteiger partial charge is 0.218 e. The average Bonchev–Trinajstić information content (AvgIpc) is 2.28. The van der Waals surface area contributed by atoms with Crippen molar-refractivity contribution in [1.29, 1.82) is 0 Å². The molecule has 1 heterocycles. The highest BCUT2D eigenvalue weighted by Gasteiger charge is 2.06. The number of para-hydroxylation sites is 1. The minimum absolute atomic E-state index is 0.329. The van der Waals surface area contributed by atoms with Crippen molar-refractivity contribution in [2.24, 2.45) is 5.92 Å². The van der Waals surface area contributed by atoms with Gasteiger partial charge in [0.1, 0.15) is 5.03 Å². The zero-order chi connectivity index (χ0) is 12.3. The SMILES string of the molecule is CC(C)CCSc1nc(Cl)nc2ccccc12. The molecule has 0 bridgehead atoms. The Labute approximate surface area is 111 Å². The molecule has 0 N–H and O–H groups in total. The van der Waals surface area contributed by atoms with Gasteiger partial charge in [-0.05, 0) is 35.8 Å². The van der Waals surface area contributed by atoms with Crippen LogP contribution >= 0.6 is 23.4 Å². The quantitative estimate of drug-likeness (QED) is 0.465. The lowest BCUT2D eigenvalue weighted by molar-refractivity contribution is 0.632. The highest BCUT2D eigenvalue weighted by Crippen LogP contribution is 2.27. The topological polar surface area (TPSA) is 25.8 Å². The molecular weight excluding hydrogens is 252 g/mol. The van der Waals surface area contributed by atoms with E-state index in [1.807, 2.05) is 24.3 Å². The van der Waals surface area contributed by atoms with E-state index in [4.69, 9.17) is 11.6 Å². The van der Waals surface area contributed by atoms with Crippen LogP contribution in [-0.2, 0) is 0 Å². The number of fused-ring (bicyclic) bond motifs is 1. The lowest BCUT2D eigenvalue weighted by Gasteiger charge is -2.06. The van der Waals surface area contributed by atoms with E-state index in [1.165, 1.54) is 6.42 Å². The summed E-state index contributed by atoms with van der Waals surface area (Å²) in [4.78, 5) is 8.54. The van der Waals surface area contributed by atoms with E-state index in [9.17, 15) is 0 Å². The Balaban J connectivity index is 2.26. The number of benzene rings is 1. The molecule has 17 heavy (non-hydrogen) atoms. The first-order chi connectivity index (χ1) is 8.16. The third-order valence-electron chi connectivity index (χ3n) is 2.47. The number of hydrogen-bond acceptors (Lipinski definition) is 3. The van der Waals surface area contributed by atoms with Crippen LogP contribution in [0.4, 0.5) is 0 Å². The summed E-state index contributed by atoms with van der Waals surface area (Å²) in [6, 6.07) is 7.99. The van der Waals surface area contributed by atoms with Gasteiger partial charge in [-0.2, -0.15) is 0 Å². The van der Waals surface area contributed by atoms with Gasteiger partial charge in [0.15, 0.2) is 0 Å². The third kappa shape index (κ3) is 3.33. The Bertz CT molecular complexity index is 514. The fourth-order valence-corrected chi connectivity index (χ4v) is 3.01. The lowest BCUT2D eigenvalue weighted by atomic mass is 10.2. The minimum atomic E-state index is 0.329. The Morgan fingerprint density at radius 1 is 1.24 bits per heavy atom. The van der Waals surface area contributed by atoms with E-state index in [-0.39, 0.29) is 0 Å². The summed E-state index contributed by atoms with van der Waals surface area (Å²) < 4.78 is 0. The fourth-order valence-electron chi connectivity index (χ4n) is 1.52. The summed E-state index contributed by atoms with van der Waals surface area (Å²) in [5.74, 6) is 1.78. The molecule has 2 nitrogen and oxygen atoms in total. The highest BCUT2D eigenvalue weighted by atomic mass is 35.5. The van der Waals surface area contributed by atoms with Gasteiger partial charge < -0.3 is 0 Å². The summed E-state index contributed by atoms with van der Waals surface area (Å²) in [6.07, 6.45) is 1.18. The van der Waals surface area contributed by atoms with E-state index in [1.54, 1.807) is 11.8 Å². The molecule has 0 radical (unpaired) electrons. The van der Waals surface area contributed by atoms with E-state index >= 15 is 0 Å². The average molecular weight is 267 g/mol.